The van der Waals surface area contributed by atoms with Gasteiger partial charge in [-0.25, -0.2) is 10.1 Å². The Labute approximate surface area is 155 Å². The van der Waals surface area contributed by atoms with E-state index in [9.17, 15) is 9.90 Å². The largest absolute Gasteiger partial charge is 0.507 e. The number of hydrogen-bond donors (Lipinski definition) is 2. The molecule has 7 heteroatoms. The number of carbonyl (C=O) groups is 1. The van der Waals surface area contributed by atoms with Crippen LogP contribution >= 0.6 is 11.6 Å². The second kappa shape index (κ2) is 7.84. The Balaban J connectivity index is 1.73. The molecule has 3 rings (SSSR count). The number of hydrazone groups is 1. The van der Waals surface area contributed by atoms with Gasteiger partial charge >= 0.3 is 0 Å². The molecule has 0 spiro atoms. The Morgan fingerprint density at radius 3 is 2.65 bits per heavy atom. The topological polar surface area (TPSA) is 79.5 Å². The van der Waals surface area contributed by atoms with Crippen molar-refractivity contribution in [1.29, 1.82) is 0 Å². The number of nitrogens with zero attached hydrogens (tertiary/aromatic N) is 3. The molecule has 132 valence electrons. The fourth-order valence-corrected chi connectivity index (χ4v) is 2.74. The number of para-hydroxylation sites is 1. The van der Waals surface area contributed by atoms with Gasteiger partial charge in [0.05, 0.1) is 29.6 Å². The number of phenols is 1. The highest BCUT2D eigenvalue weighted by Crippen LogP contribution is 2.19. The third kappa shape index (κ3) is 3.92. The van der Waals surface area contributed by atoms with E-state index in [1.165, 1.54) is 18.3 Å². The number of phenolic OH excluding ortho intramolecular Hbond substituents is 1. The maximum Gasteiger partial charge on any atom is 0.275 e. The molecule has 2 aromatic carbocycles. The van der Waals surface area contributed by atoms with Gasteiger partial charge < -0.3 is 5.11 Å². The van der Waals surface area contributed by atoms with Crippen LogP contribution in [0.2, 0.25) is 5.15 Å². The number of carbonyl (C=O) groups excluding carboxylic acids is 1. The van der Waals surface area contributed by atoms with Crippen molar-refractivity contribution in [2.24, 2.45) is 5.10 Å². The lowest BCUT2D eigenvalue weighted by atomic mass is 10.2. The highest BCUT2D eigenvalue weighted by Gasteiger charge is 2.13. The first kappa shape index (κ1) is 17.7. The highest BCUT2D eigenvalue weighted by molar-refractivity contribution is 6.32. The van der Waals surface area contributed by atoms with Crippen LogP contribution in [0.3, 0.4) is 0 Å². The lowest BCUT2D eigenvalue weighted by Crippen LogP contribution is -2.17. The van der Waals surface area contributed by atoms with Crippen molar-refractivity contribution in [2.75, 3.05) is 0 Å². The SMILES string of the molecule is Cc1nn(Cc2ccccc2)c(Cl)c1/C=N\NC(=O)c1ccccc1O. The second-order valence-corrected chi connectivity index (χ2v) is 6.01. The van der Waals surface area contributed by atoms with Crippen LogP contribution in [0.15, 0.2) is 59.7 Å². The molecule has 0 unspecified atom stereocenters. The quantitative estimate of drug-likeness (QED) is 0.535. The molecule has 1 amide bonds. The van der Waals surface area contributed by atoms with E-state index < -0.39 is 5.91 Å². The monoisotopic (exact) mass is 368 g/mol. The zero-order valence-electron chi connectivity index (χ0n) is 14.1. The standard InChI is InChI=1S/C19H17ClN4O2/c1-13-16(11-21-22-19(26)15-9-5-6-10-17(15)25)18(20)24(23-13)12-14-7-3-2-4-8-14/h2-11,25H,12H2,1H3,(H,22,26)/b21-11-. The summed E-state index contributed by atoms with van der Waals surface area (Å²) in [6.45, 7) is 2.36. The minimum atomic E-state index is -0.509. The molecule has 0 saturated heterocycles. The second-order valence-electron chi connectivity index (χ2n) is 5.65. The molecular weight excluding hydrogens is 352 g/mol. The molecule has 6 nitrogen and oxygen atoms in total. The van der Waals surface area contributed by atoms with Crippen LogP contribution < -0.4 is 5.43 Å². The predicted octanol–water partition coefficient (Wildman–Crippen LogP) is 3.36. The third-order valence-electron chi connectivity index (χ3n) is 3.79. The Kier molecular flexibility index (Phi) is 5.34. The molecule has 0 atom stereocenters. The summed E-state index contributed by atoms with van der Waals surface area (Å²) in [7, 11) is 0. The van der Waals surface area contributed by atoms with E-state index in [1.54, 1.807) is 16.8 Å². The number of aromatic hydroxyl groups is 1. The lowest BCUT2D eigenvalue weighted by Gasteiger charge is -2.03. The van der Waals surface area contributed by atoms with Crippen LogP contribution in [-0.4, -0.2) is 27.0 Å². The maximum atomic E-state index is 12.0. The summed E-state index contributed by atoms with van der Waals surface area (Å²) in [4.78, 5) is 12.0. The predicted molar refractivity (Wildman–Crippen MR) is 101 cm³/mol. The molecule has 1 heterocycles. The molecule has 0 bridgehead atoms. The molecule has 0 aliphatic rings. The fourth-order valence-electron chi connectivity index (χ4n) is 2.46. The van der Waals surface area contributed by atoms with Gasteiger partial charge in [-0.05, 0) is 24.6 Å². The fraction of sp³-hybridized carbons (Fsp3) is 0.105. The highest BCUT2D eigenvalue weighted by atomic mass is 35.5. The first-order chi connectivity index (χ1) is 12.6. The molecule has 1 aromatic heterocycles. The smallest absolute Gasteiger partial charge is 0.275 e. The zero-order chi connectivity index (χ0) is 18.5. The van der Waals surface area contributed by atoms with Crippen LogP contribution in [0.5, 0.6) is 5.75 Å². The molecule has 26 heavy (non-hydrogen) atoms. The number of halogens is 1. The molecule has 3 aromatic rings. The number of benzene rings is 2. The van der Waals surface area contributed by atoms with Crippen LogP contribution in [0.1, 0.15) is 27.2 Å². The van der Waals surface area contributed by atoms with Crippen LogP contribution in [0.25, 0.3) is 0 Å². The number of aryl methyl sites for hydroxylation is 1. The first-order valence-electron chi connectivity index (χ1n) is 7.94. The molecular formula is C19H17ClN4O2. The van der Waals surface area contributed by atoms with E-state index in [1.807, 2.05) is 37.3 Å². The van der Waals surface area contributed by atoms with Gasteiger partial charge in [-0.15, -0.1) is 0 Å². The van der Waals surface area contributed by atoms with Gasteiger partial charge in [0.1, 0.15) is 10.9 Å². The normalized spacial score (nSPS) is 11.0. The summed E-state index contributed by atoms with van der Waals surface area (Å²) in [6.07, 6.45) is 1.45. The van der Waals surface area contributed by atoms with E-state index in [0.29, 0.717) is 23.0 Å². The molecule has 0 aliphatic heterocycles. The van der Waals surface area contributed by atoms with Gasteiger partial charge in [0.15, 0.2) is 0 Å². The van der Waals surface area contributed by atoms with Gasteiger partial charge in [-0.2, -0.15) is 10.2 Å². The molecule has 0 saturated carbocycles. The van der Waals surface area contributed by atoms with Crippen molar-refractivity contribution in [3.8, 4) is 5.75 Å². The summed E-state index contributed by atoms with van der Waals surface area (Å²) in [5.41, 5.74) is 4.92. The Bertz CT molecular complexity index is 951. The summed E-state index contributed by atoms with van der Waals surface area (Å²) in [5.74, 6) is -0.616. The first-order valence-corrected chi connectivity index (χ1v) is 8.32. The lowest BCUT2D eigenvalue weighted by molar-refractivity contribution is 0.0952. The summed E-state index contributed by atoms with van der Waals surface area (Å²) in [5, 5.41) is 18.5. The van der Waals surface area contributed by atoms with Gasteiger partial charge in [-0.1, -0.05) is 54.1 Å². The van der Waals surface area contributed by atoms with E-state index in [-0.39, 0.29) is 11.3 Å². The minimum Gasteiger partial charge on any atom is -0.507 e. The number of aromatic nitrogens is 2. The number of hydrogen-bond acceptors (Lipinski definition) is 4. The summed E-state index contributed by atoms with van der Waals surface area (Å²) in [6, 6.07) is 16.1. The number of amides is 1. The van der Waals surface area contributed by atoms with Gasteiger partial charge in [-0.3, -0.25) is 4.79 Å². The van der Waals surface area contributed by atoms with Crippen molar-refractivity contribution in [1.82, 2.24) is 15.2 Å². The van der Waals surface area contributed by atoms with Crippen molar-refractivity contribution in [3.63, 3.8) is 0 Å². The Morgan fingerprint density at radius 2 is 1.92 bits per heavy atom. The maximum absolute atomic E-state index is 12.0. The van der Waals surface area contributed by atoms with Crippen LogP contribution in [-0.2, 0) is 6.54 Å². The van der Waals surface area contributed by atoms with E-state index >= 15 is 0 Å². The Morgan fingerprint density at radius 1 is 1.23 bits per heavy atom. The average molecular weight is 369 g/mol. The minimum absolute atomic E-state index is 0.106. The Hall–Kier alpha value is -3.12. The molecule has 2 N–H and O–H groups in total. The van der Waals surface area contributed by atoms with E-state index in [2.05, 4.69) is 15.6 Å². The van der Waals surface area contributed by atoms with Crippen molar-refractivity contribution >= 4 is 23.7 Å². The van der Waals surface area contributed by atoms with Crippen molar-refractivity contribution in [3.05, 3.63) is 82.1 Å². The van der Waals surface area contributed by atoms with Crippen LogP contribution in [0.4, 0.5) is 0 Å². The van der Waals surface area contributed by atoms with E-state index in [0.717, 1.165) is 5.56 Å². The van der Waals surface area contributed by atoms with Gasteiger partial charge in [0.25, 0.3) is 5.91 Å². The van der Waals surface area contributed by atoms with Gasteiger partial charge in [0.2, 0.25) is 0 Å². The average Bonchev–Trinajstić information content (AvgIpc) is 2.90. The van der Waals surface area contributed by atoms with Gasteiger partial charge in [0, 0.05) is 0 Å². The molecule has 0 aliphatic carbocycles. The molecule has 0 fully saturated rings. The number of nitrogens with one attached hydrogen (secondary N) is 1. The zero-order valence-corrected chi connectivity index (χ0v) is 14.8. The summed E-state index contributed by atoms with van der Waals surface area (Å²) < 4.78 is 1.68. The summed E-state index contributed by atoms with van der Waals surface area (Å²) >= 11 is 6.39. The molecule has 0 radical (unpaired) electrons. The van der Waals surface area contributed by atoms with E-state index in [4.69, 9.17) is 11.6 Å². The number of rotatable bonds is 5. The third-order valence-corrected chi connectivity index (χ3v) is 4.19. The van der Waals surface area contributed by atoms with Crippen LogP contribution in [0, 0.1) is 6.92 Å². The van der Waals surface area contributed by atoms with Crippen molar-refractivity contribution < 1.29 is 9.90 Å². The van der Waals surface area contributed by atoms with Crippen molar-refractivity contribution in [2.45, 2.75) is 13.5 Å².